The molecule has 0 bridgehead atoms. The van der Waals surface area contributed by atoms with E-state index >= 15 is 0 Å². The summed E-state index contributed by atoms with van der Waals surface area (Å²) in [5, 5.41) is 12.5. The van der Waals surface area contributed by atoms with E-state index in [4.69, 9.17) is 23.4 Å². The topological polar surface area (TPSA) is 122 Å². The van der Waals surface area contributed by atoms with Crippen molar-refractivity contribution in [2.75, 3.05) is 32.2 Å². The van der Waals surface area contributed by atoms with E-state index < -0.39 is 27.1 Å². The summed E-state index contributed by atoms with van der Waals surface area (Å²) in [5.74, 6) is 0.599. The van der Waals surface area contributed by atoms with E-state index in [9.17, 15) is 5.11 Å². The second-order valence-electron chi connectivity index (χ2n) is 10.5. The number of methoxy groups -OCH3 is 1. The van der Waals surface area contributed by atoms with Crippen LogP contribution in [0.5, 0.6) is 0 Å². The van der Waals surface area contributed by atoms with Gasteiger partial charge in [0.2, 0.25) is 0 Å². The van der Waals surface area contributed by atoms with Crippen molar-refractivity contribution in [3.05, 3.63) is 24.3 Å². The molecule has 0 spiro atoms. The maximum Gasteiger partial charge on any atom is 0.272 e. The van der Waals surface area contributed by atoms with Crippen molar-refractivity contribution in [1.82, 2.24) is 19.5 Å². The molecule has 0 aliphatic carbocycles. The highest BCUT2D eigenvalue weighted by Crippen LogP contribution is 2.42. The zero-order chi connectivity index (χ0) is 25.4. The van der Waals surface area contributed by atoms with Crippen LogP contribution in [0.25, 0.3) is 11.2 Å². The first kappa shape index (κ1) is 26.1. The molecular weight excluding hydrogens is 470 g/mol. The predicted octanol–water partition coefficient (Wildman–Crippen LogP) is 2.81. The first-order valence-electron chi connectivity index (χ1n) is 11.9. The van der Waals surface area contributed by atoms with Crippen LogP contribution in [0.3, 0.4) is 0 Å². The summed E-state index contributed by atoms with van der Waals surface area (Å²) >= 11 is 0. The third-order valence-electron chi connectivity index (χ3n) is 7.03. The molecule has 5 atom stereocenters. The van der Waals surface area contributed by atoms with E-state index in [0.29, 0.717) is 30.1 Å². The molecule has 12 heteroatoms. The third-order valence-corrected chi connectivity index (χ3v) is 11.5. The molecule has 194 valence electrons. The van der Waals surface area contributed by atoms with Gasteiger partial charge in [-0.3, -0.25) is 4.57 Å². The van der Waals surface area contributed by atoms with E-state index in [-0.39, 0.29) is 23.9 Å². The maximum atomic E-state index is 9.19. The molecule has 2 fully saturated rings. The van der Waals surface area contributed by atoms with Crippen LogP contribution in [-0.2, 0) is 23.4 Å². The van der Waals surface area contributed by atoms with Crippen molar-refractivity contribution in [3.63, 3.8) is 0 Å². The minimum Gasteiger partial charge on any atom is -0.414 e. The van der Waals surface area contributed by atoms with Gasteiger partial charge in [-0.2, -0.15) is 0 Å². The van der Waals surface area contributed by atoms with Gasteiger partial charge in [0.25, 0.3) is 6.48 Å². The monoisotopic (exact) mass is 507 g/mol. The number of aromatic nitrogens is 4. The largest absolute Gasteiger partial charge is 0.414 e. The Hall–Kier alpha value is -1.93. The molecule has 4 rings (SSSR count). The quantitative estimate of drug-likeness (QED) is 0.387. The van der Waals surface area contributed by atoms with Gasteiger partial charge in [-0.15, -0.1) is 0 Å². The molecule has 2 aromatic heterocycles. The van der Waals surface area contributed by atoms with Gasteiger partial charge in [0, 0.05) is 13.7 Å². The van der Waals surface area contributed by atoms with Gasteiger partial charge in [-0.05, 0) is 25.1 Å². The van der Waals surface area contributed by atoms with Gasteiger partial charge < -0.3 is 33.8 Å². The minimum atomic E-state index is -1.98. The first-order chi connectivity index (χ1) is 16.6. The molecule has 11 nitrogen and oxygen atoms in total. The molecule has 2 aliphatic heterocycles. The third kappa shape index (κ3) is 5.28. The average Bonchev–Trinajstić information content (AvgIpc) is 3.50. The van der Waals surface area contributed by atoms with Gasteiger partial charge >= 0.3 is 0 Å². The fraction of sp³-hybridized carbons (Fsp3) is 0.696. The summed E-state index contributed by atoms with van der Waals surface area (Å²) in [5.41, 5.74) is 2.10. The standard InChI is InChI=1S/C23H37N5O6Si/c1-14(10-29)8-9-24-19-16-20(26-12-25-19)28(13-27-16)21-18-17(33-22(30-5)34-18)15(32-21)11-31-35(6,7)23(2,3)4/h8,12-13,15,17-18,21-22,29H,9-11H2,1-7H3,(H,24,25,26)/b14-8+/t15-,17-,18-,21-,22?/m1/s1. The summed E-state index contributed by atoms with van der Waals surface area (Å²) in [4.78, 5) is 13.3. The van der Waals surface area contributed by atoms with Crippen molar-refractivity contribution in [3.8, 4) is 0 Å². The van der Waals surface area contributed by atoms with Gasteiger partial charge in [0.05, 0.1) is 19.5 Å². The lowest BCUT2D eigenvalue weighted by atomic mass is 10.1. The Morgan fingerprint density at radius 1 is 1.20 bits per heavy atom. The number of nitrogens with one attached hydrogen (secondary N) is 1. The predicted molar refractivity (Wildman–Crippen MR) is 132 cm³/mol. The van der Waals surface area contributed by atoms with Crippen molar-refractivity contribution in [1.29, 1.82) is 0 Å². The van der Waals surface area contributed by atoms with Crippen molar-refractivity contribution in [2.24, 2.45) is 0 Å². The van der Waals surface area contributed by atoms with Crippen LogP contribution in [-0.4, -0.2) is 84.6 Å². The SMILES string of the molecule is COC1O[C@@H]2[C@H](O1)[C@@H](CO[Si](C)(C)C(C)(C)C)O[C@H]2n1cnc2c(NC/C=C(\C)CO)ncnc21. The number of anilines is 1. The molecule has 2 saturated heterocycles. The highest BCUT2D eigenvalue weighted by atomic mass is 28.4. The second kappa shape index (κ2) is 10.2. The highest BCUT2D eigenvalue weighted by molar-refractivity contribution is 6.74. The molecule has 2 aromatic rings. The number of hydrogen-bond acceptors (Lipinski definition) is 10. The van der Waals surface area contributed by atoms with Gasteiger partial charge in [0.15, 0.2) is 31.5 Å². The van der Waals surface area contributed by atoms with E-state index in [0.717, 1.165) is 5.57 Å². The molecule has 35 heavy (non-hydrogen) atoms. The van der Waals surface area contributed by atoms with Crippen LogP contribution in [0.4, 0.5) is 5.82 Å². The van der Waals surface area contributed by atoms with Crippen LogP contribution < -0.4 is 5.32 Å². The normalized spacial score (nSPS) is 27.5. The maximum absolute atomic E-state index is 9.19. The summed E-state index contributed by atoms with van der Waals surface area (Å²) in [6.07, 6.45) is 3.46. The number of fused-ring (bicyclic) bond motifs is 2. The molecule has 2 N–H and O–H groups in total. The van der Waals surface area contributed by atoms with E-state index in [2.05, 4.69) is 54.1 Å². The van der Waals surface area contributed by atoms with Crippen LogP contribution in [0.15, 0.2) is 24.3 Å². The number of ether oxygens (including phenoxy) is 4. The number of aliphatic hydroxyl groups excluding tert-OH is 1. The Morgan fingerprint density at radius 3 is 2.63 bits per heavy atom. The molecule has 0 radical (unpaired) electrons. The zero-order valence-corrected chi connectivity index (χ0v) is 22.5. The summed E-state index contributed by atoms with van der Waals surface area (Å²) in [6.45, 7) is 13.1. The zero-order valence-electron chi connectivity index (χ0n) is 21.5. The molecular formula is C23H37N5O6Si. The smallest absolute Gasteiger partial charge is 0.272 e. The first-order valence-corrected chi connectivity index (χ1v) is 14.8. The Balaban J connectivity index is 1.57. The Bertz CT molecular complexity index is 1050. The molecule has 0 amide bonds. The molecule has 0 aromatic carbocycles. The Morgan fingerprint density at radius 2 is 1.94 bits per heavy atom. The lowest BCUT2D eigenvalue weighted by Gasteiger charge is -2.37. The summed E-state index contributed by atoms with van der Waals surface area (Å²) in [7, 11) is -0.432. The van der Waals surface area contributed by atoms with Crippen molar-refractivity contribution in [2.45, 2.75) is 76.8 Å². The molecule has 1 unspecified atom stereocenters. The number of aliphatic hydroxyl groups is 1. The number of imidazole rings is 1. The van der Waals surface area contributed by atoms with Crippen LogP contribution >= 0.6 is 0 Å². The second-order valence-corrected chi connectivity index (χ2v) is 15.3. The van der Waals surface area contributed by atoms with Crippen molar-refractivity contribution < 1.29 is 28.5 Å². The summed E-state index contributed by atoms with van der Waals surface area (Å²) < 4.78 is 32.1. The van der Waals surface area contributed by atoms with Crippen molar-refractivity contribution >= 4 is 25.3 Å². The molecule has 0 saturated carbocycles. The highest BCUT2D eigenvalue weighted by Gasteiger charge is 2.54. The van der Waals surface area contributed by atoms with Crippen LogP contribution in [0, 0.1) is 0 Å². The fourth-order valence-electron chi connectivity index (χ4n) is 3.84. The van der Waals surface area contributed by atoms with Gasteiger partial charge in [-0.1, -0.05) is 32.4 Å². The lowest BCUT2D eigenvalue weighted by Crippen LogP contribution is -2.44. The minimum absolute atomic E-state index is 0.0158. The van der Waals surface area contributed by atoms with Gasteiger partial charge in [0.1, 0.15) is 24.6 Å². The number of nitrogens with zero attached hydrogens (tertiary/aromatic N) is 4. The fourth-order valence-corrected chi connectivity index (χ4v) is 4.85. The Kier molecular flexibility index (Phi) is 7.62. The molecule has 4 heterocycles. The molecule has 2 aliphatic rings. The van der Waals surface area contributed by atoms with Crippen LogP contribution in [0.1, 0.15) is 33.9 Å². The van der Waals surface area contributed by atoms with Crippen LogP contribution in [0.2, 0.25) is 18.1 Å². The lowest BCUT2D eigenvalue weighted by molar-refractivity contribution is -0.256. The van der Waals surface area contributed by atoms with E-state index in [1.165, 1.54) is 6.33 Å². The van der Waals surface area contributed by atoms with E-state index in [1.54, 1.807) is 13.4 Å². The average molecular weight is 508 g/mol. The summed E-state index contributed by atoms with van der Waals surface area (Å²) in [6, 6.07) is 0. The number of rotatable bonds is 9. The number of hydrogen-bond donors (Lipinski definition) is 2. The Labute approximate surface area is 206 Å². The van der Waals surface area contributed by atoms with E-state index in [1.807, 2.05) is 17.6 Å². The van der Waals surface area contributed by atoms with Gasteiger partial charge in [-0.25, -0.2) is 15.0 Å².